The van der Waals surface area contributed by atoms with Gasteiger partial charge in [0.1, 0.15) is 46.4 Å². The third kappa shape index (κ3) is 8.00. The Morgan fingerprint density at radius 1 is 0.607 bits per heavy atom. The van der Waals surface area contributed by atoms with Crippen molar-refractivity contribution in [3.05, 3.63) is 151 Å². The minimum Gasteiger partial charge on any atom is -0.487 e. The van der Waals surface area contributed by atoms with Crippen molar-refractivity contribution in [3.63, 3.8) is 0 Å². The number of aryl methyl sites for hydroxylation is 4. The van der Waals surface area contributed by atoms with Crippen LogP contribution in [0.25, 0.3) is 32.1 Å². The van der Waals surface area contributed by atoms with E-state index in [1.54, 1.807) is 30.3 Å². The fraction of sp³-hybridized carbons (Fsp3) is 0.143. The summed E-state index contributed by atoms with van der Waals surface area (Å²) >= 11 is 14.5. The number of benzene rings is 4. The van der Waals surface area contributed by atoms with Gasteiger partial charge in [-0.3, -0.25) is 9.13 Å². The van der Waals surface area contributed by atoms with Crippen LogP contribution in [0, 0.1) is 27.7 Å². The van der Waals surface area contributed by atoms with Crippen molar-refractivity contribution in [3.8, 4) is 21.5 Å². The number of halogens is 2. The maximum absolute atomic E-state index is 11.8. The number of aromatic nitrogens is 4. The maximum Gasteiger partial charge on any atom is 0.349 e. The summed E-state index contributed by atoms with van der Waals surface area (Å²) in [6, 6.07) is 30.2. The molecule has 8 rings (SSSR count). The van der Waals surface area contributed by atoms with Crippen LogP contribution in [0.15, 0.2) is 97.1 Å². The zero-order chi connectivity index (χ0) is 39.7. The molecule has 0 aliphatic carbocycles. The Bertz CT molecular complexity index is 2770. The summed E-state index contributed by atoms with van der Waals surface area (Å²) in [4.78, 5) is 32.9. The number of hydrogen-bond donors (Lipinski definition) is 2. The molecule has 4 aromatic heterocycles. The highest BCUT2D eigenvalue weighted by Crippen LogP contribution is 2.37. The molecule has 284 valence electrons. The van der Waals surface area contributed by atoms with Crippen molar-refractivity contribution in [1.82, 2.24) is 19.1 Å². The molecule has 0 aliphatic rings. The van der Waals surface area contributed by atoms with Crippen LogP contribution in [0.4, 0.5) is 0 Å². The molecule has 0 amide bonds. The Labute approximate surface area is 339 Å². The number of fused-ring (bicyclic) bond motifs is 2. The molecule has 0 atom stereocenters. The molecular formula is C42H34Cl2N4O6S2. The minimum absolute atomic E-state index is 0.159. The lowest BCUT2D eigenvalue weighted by molar-refractivity contribution is 0.0686. The quantitative estimate of drug-likeness (QED) is 0.139. The first kappa shape index (κ1) is 38.6. The topological polar surface area (TPSA) is 129 Å². The highest BCUT2D eigenvalue weighted by molar-refractivity contribution is 7.17. The third-order valence-corrected chi connectivity index (χ3v) is 11.7. The Morgan fingerprint density at radius 2 is 1.07 bits per heavy atom. The van der Waals surface area contributed by atoms with Gasteiger partial charge in [0.2, 0.25) is 0 Å². The Balaban J connectivity index is 0.000000172. The predicted molar refractivity (Wildman–Crippen MR) is 222 cm³/mol. The minimum atomic E-state index is -1.02. The van der Waals surface area contributed by atoms with Gasteiger partial charge in [0, 0.05) is 22.2 Å². The lowest BCUT2D eigenvalue weighted by atomic mass is 10.1. The molecule has 0 fully saturated rings. The summed E-state index contributed by atoms with van der Waals surface area (Å²) in [6.07, 6.45) is 0. The molecule has 0 unspecified atom stereocenters. The Hall–Kier alpha value is -5.66. The number of imidazole rings is 2. The number of nitrogens with zero attached hydrogens (tertiary/aromatic N) is 4. The molecule has 14 heteroatoms. The molecule has 0 saturated carbocycles. The third-order valence-electron chi connectivity index (χ3n) is 9.06. The zero-order valence-corrected chi connectivity index (χ0v) is 33.7. The van der Waals surface area contributed by atoms with E-state index in [4.69, 9.17) is 32.7 Å². The SMILES string of the molecule is Cc1ccccc1COc1cc(-n2c(C)nc3cc(Cl)ccc32)sc1C(=O)O.Cc1ccccc1COc1cc(-n2c(C)nc3ccc(Cl)cc32)sc1C(=O)O. The van der Waals surface area contributed by atoms with E-state index >= 15 is 0 Å². The van der Waals surface area contributed by atoms with Gasteiger partial charge in [0.15, 0.2) is 9.75 Å². The second-order valence-corrected chi connectivity index (χ2v) is 15.8. The fourth-order valence-electron chi connectivity index (χ4n) is 6.21. The number of ether oxygens (including phenoxy) is 2. The summed E-state index contributed by atoms with van der Waals surface area (Å²) in [6.45, 7) is 8.37. The van der Waals surface area contributed by atoms with Gasteiger partial charge in [-0.1, -0.05) is 71.7 Å². The van der Waals surface area contributed by atoms with Gasteiger partial charge >= 0.3 is 11.9 Å². The molecule has 8 aromatic rings. The average Bonchev–Trinajstić information content (AvgIpc) is 3.93. The molecule has 0 aliphatic heterocycles. The molecule has 4 heterocycles. The van der Waals surface area contributed by atoms with Crippen molar-refractivity contribution >= 4 is 79.9 Å². The fourth-order valence-corrected chi connectivity index (χ4v) is 8.55. The Morgan fingerprint density at radius 3 is 1.59 bits per heavy atom. The summed E-state index contributed by atoms with van der Waals surface area (Å²) < 4.78 is 15.6. The number of rotatable bonds is 10. The maximum atomic E-state index is 11.8. The summed E-state index contributed by atoms with van der Waals surface area (Å²) in [5.41, 5.74) is 7.49. The van der Waals surface area contributed by atoms with Gasteiger partial charge < -0.3 is 19.7 Å². The number of aromatic carboxylic acids is 2. The standard InChI is InChI=1S/2C21H17ClN2O3S/c1-12-5-3-4-6-14(12)11-27-18-10-19(28-20(18)21(25)26)24-13(2)23-16-9-15(22)7-8-17(16)24;1-12-5-3-4-6-14(12)11-27-18-10-19(28-20(18)21(25)26)24-13(2)23-16-8-7-15(22)9-17(16)24/h2*3-10H,11H2,1-2H3,(H,25,26). The van der Waals surface area contributed by atoms with Crippen LogP contribution >= 0.6 is 45.9 Å². The molecule has 10 nitrogen and oxygen atoms in total. The average molecular weight is 826 g/mol. The zero-order valence-electron chi connectivity index (χ0n) is 30.5. The molecule has 0 spiro atoms. The van der Waals surface area contributed by atoms with Crippen LogP contribution in [0.2, 0.25) is 10.0 Å². The van der Waals surface area contributed by atoms with Gasteiger partial charge in [0.25, 0.3) is 0 Å². The number of carboxylic acid groups (broad SMARTS) is 2. The van der Waals surface area contributed by atoms with Crippen LogP contribution in [-0.4, -0.2) is 41.3 Å². The van der Waals surface area contributed by atoms with E-state index in [0.29, 0.717) is 34.8 Å². The van der Waals surface area contributed by atoms with Crippen molar-refractivity contribution in [2.24, 2.45) is 0 Å². The van der Waals surface area contributed by atoms with Crippen molar-refractivity contribution < 1.29 is 29.3 Å². The van der Waals surface area contributed by atoms with E-state index in [1.165, 1.54) is 0 Å². The number of carboxylic acids is 2. The van der Waals surface area contributed by atoms with Gasteiger partial charge in [0.05, 0.1) is 22.1 Å². The first-order valence-corrected chi connectivity index (χ1v) is 19.7. The molecule has 0 bridgehead atoms. The van der Waals surface area contributed by atoms with Gasteiger partial charge in [-0.2, -0.15) is 0 Å². The van der Waals surface area contributed by atoms with Gasteiger partial charge in [-0.15, -0.1) is 22.7 Å². The van der Waals surface area contributed by atoms with Crippen molar-refractivity contribution in [1.29, 1.82) is 0 Å². The molecular weight excluding hydrogens is 792 g/mol. The number of thiophene rings is 2. The highest BCUT2D eigenvalue weighted by atomic mass is 35.5. The summed E-state index contributed by atoms with van der Waals surface area (Å²) in [5, 5.41) is 21.9. The van der Waals surface area contributed by atoms with Crippen LogP contribution in [0.3, 0.4) is 0 Å². The first-order valence-electron chi connectivity index (χ1n) is 17.3. The van der Waals surface area contributed by atoms with E-state index in [2.05, 4.69) is 9.97 Å². The number of carbonyl (C=O) groups is 2. The second-order valence-electron chi connectivity index (χ2n) is 12.9. The van der Waals surface area contributed by atoms with Crippen molar-refractivity contribution in [2.75, 3.05) is 0 Å². The van der Waals surface area contributed by atoms with Crippen LogP contribution in [0.5, 0.6) is 11.5 Å². The van der Waals surface area contributed by atoms with E-state index in [9.17, 15) is 19.8 Å². The van der Waals surface area contributed by atoms with E-state index in [0.717, 1.165) is 88.6 Å². The molecule has 2 N–H and O–H groups in total. The molecule has 0 radical (unpaired) electrons. The van der Waals surface area contributed by atoms with Gasteiger partial charge in [-0.25, -0.2) is 19.6 Å². The smallest absolute Gasteiger partial charge is 0.349 e. The lowest BCUT2D eigenvalue weighted by Crippen LogP contribution is -2.01. The largest absolute Gasteiger partial charge is 0.487 e. The van der Waals surface area contributed by atoms with Gasteiger partial charge in [-0.05, 0) is 86.3 Å². The van der Waals surface area contributed by atoms with E-state index in [-0.39, 0.29) is 9.75 Å². The van der Waals surface area contributed by atoms with E-state index in [1.807, 2.05) is 104 Å². The predicted octanol–water partition coefficient (Wildman–Crippen LogP) is 11.3. The number of hydrogen-bond acceptors (Lipinski definition) is 8. The highest BCUT2D eigenvalue weighted by Gasteiger charge is 2.22. The Kier molecular flexibility index (Phi) is 11.2. The monoisotopic (exact) mass is 824 g/mol. The van der Waals surface area contributed by atoms with Crippen LogP contribution in [0.1, 0.15) is 53.2 Å². The second kappa shape index (κ2) is 16.2. The molecule has 56 heavy (non-hydrogen) atoms. The summed E-state index contributed by atoms with van der Waals surface area (Å²) in [7, 11) is 0. The molecule has 0 saturated heterocycles. The van der Waals surface area contributed by atoms with Crippen LogP contribution < -0.4 is 9.47 Å². The normalized spacial score (nSPS) is 11.1. The lowest BCUT2D eigenvalue weighted by Gasteiger charge is -2.08. The summed E-state index contributed by atoms with van der Waals surface area (Å²) in [5.74, 6) is 0.170. The van der Waals surface area contributed by atoms with Crippen LogP contribution in [-0.2, 0) is 13.2 Å². The molecule has 4 aromatic carbocycles. The van der Waals surface area contributed by atoms with Crippen molar-refractivity contribution in [2.45, 2.75) is 40.9 Å². The van der Waals surface area contributed by atoms with E-state index < -0.39 is 11.9 Å². The first-order chi connectivity index (χ1) is 26.9.